The predicted octanol–water partition coefficient (Wildman–Crippen LogP) is 3.73. The third-order valence-electron chi connectivity index (χ3n) is 2.15. The average Bonchev–Trinajstić information content (AvgIpc) is 2.36. The first-order valence-electron chi connectivity index (χ1n) is 5.23. The third-order valence-corrected chi connectivity index (χ3v) is 2.35. The van der Waals surface area contributed by atoms with Gasteiger partial charge in [0.05, 0.1) is 0 Å². The number of rotatable bonds is 3. The second-order valence-electron chi connectivity index (χ2n) is 3.62. The summed E-state index contributed by atoms with van der Waals surface area (Å²) < 4.78 is 42.6. The molecule has 0 bridgehead atoms. The fourth-order valence-electron chi connectivity index (χ4n) is 1.33. The van der Waals surface area contributed by atoms with E-state index in [-0.39, 0.29) is 17.6 Å². The summed E-state index contributed by atoms with van der Waals surface area (Å²) in [7, 11) is 0. The van der Waals surface area contributed by atoms with Crippen molar-refractivity contribution in [2.75, 3.05) is 0 Å². The van der Waals surface area contributed by atoms with Gasteiger partial charge in [-0.2, -0.15) is 18.2 Å². The molecule has 1 aromatic heterocycles. The predicted molar refractivity (Wildman–Crippen MR) is 62.8 cm³/mol. The normalized spacial score (nSPS) is 11.4. The number of alkyl halides is 3. The SMILES string of the molecule is FC(F)(F)c1nc(Cl)cc(OCc2ccccc2)n1. The van der Waals surface area contributed by atoms with Gasteiger partial charge in [0.15, 0.2) is 0 Å². The summed E-state index contributed by atoms with van der Waals surface area (Å²) in [5, 5.41) is -0.314. The van der Waals surface area contributed by atoms with E-state index in [1.54, 1.807) is 24.3 Å². The molecule has 0 atom stereocenters. The lowest BCUT2D eigenvalue weighted by atomic mass is 10.2. The highest BCUT2D eigenvalue weighted by Crippen LogP contribution is 2.28. The minimum absolute atomic E-state index is 0.103. The number of hydrogen-bond donors (Lipinski definition) is 0. The maximum Gasteiger partial charge on any atom is 0.451 e. The second-order valence-corrected chi connectivity index (χ2v) is 4.01. The summed E-state index contributed by atoms with van der Waals surface area (Å²) in [6, 6.07) is 10.1. The van der Waals surface area contributed by atoms with E-state index in [1.807, 2.05) is 6.07 Å². The van der Waals surface area contributed by atoms with Gasteiger partial charge in [-0.05, 0) is 5.56 Å². The number of benzene rings is 1. The van der Waals surface area contributed by atoms with Crippen molar-refractivity contribution in [1.29, 1.82) is 0 Å². The molecule has 0 aliphatic carbocycles. The molecular weight excluding hydrogens is 281 g/mol. The number of ether oxygens (including phenoxy) is 1. The fraction of sp³-hybridized carbons (Fsp3) is 0.167. The van der Waals surface area contributed by atoms with Crippen LogP contribution in [0.3, 0.4) is 0 Å². The van der Waals surface area contributed by atoms with Crippen LogP contribution in [0.4, 0.5) is 13.2 Å². The monoisotopic (exact) mass is 288 g/mol. The fourth-order valence-corrected chi connectivity index (χ4v) is 1.50. The Labute approximate surface area is 112 Å². The first-order chi connectivity index (χ1) is 8.95. The molecule has 0 saturated carbocycles. The molecule has 0 aliphatic rings. The third kappa shape index (κ3) is 3.82. The van der Waals surface area contributed by atoms with Crippen LogP contribution < -0.4 is 4.74 Å². The van der Waals surface area contributed by atoms with E-state index in [0.29, 0.717) is 0 Å². The largest absolute Gasteiger partial charge is 0.473 e. The van der Waals surface area contributed by atoms with Crippen LogP contribution in [-0.4, -0.2) is 9.97 Å². The van der Waals surface area contributed by atoms with E-state index in [0.717, 1.165) is 11.6 Å². The van der Waals surface area contributed by atoms with Gasteiger partial charge >= 0.3 is 6.18 Å². The molecule has 0 amide bonds. The van der Waals surface area contributed by atoms with Crippen molar-refractivity contribution in [2.24, 2.45) is 0 Å². The van der Waals surface area contributed by atoms with E-state index in [2.05, 4.69) is 9.97 Å². The topological polar surface area (TPSA) is 35.0 Å². The average molecular weight is 289 g/mol. The Hall–Kier alpha value is -1.82. The van der Waals surface area contributed by atoms with Crippen LogP contribution in [0, 0.1) is 0 Å². The quantitative estimate of drug-likeness (QED) is 0.807. The summed E-state index contributed by atoms with van der Waals surface area (Å²) in [6.07, 6.45) is -4.66. The number of hydrogen-bond acceptors (Lipinski definition) is 3. The molecule has 7 heteroatoms. The Kier molecular flexibility index (Phi) is 3.90. The van der Waals surface area contributed by atoms with Crippen LogP contribution >= 0.6 is 11.6 Å². The Bertz CT molecular complexity index is 561. The standard InChI is InChI=1S/C12H8ClF3N2O/c13-9-6-10(18-11(17-9)12(14,15)16)19-7-8-4-2-1-3-5-8/h1-6H,7H2. The lowest BCUT2D eigenvalue weighted by molar-refractivity contribution is -0.145. The van der Waals surface area contributed by atoms with Crippen molar-refractivity contribution in [2.45, 2.75) is 12.8 Å². The Morgan fingerprint density at radius 2 is 1.79 bits per heavy atom. The van der Waals surface area contributed by atoms with Gasteiger partial charge in [0, 0.05) is 6.07 Å². The summed E-state index contributed by atoms with van der Waals surface area (Å²) in [6.45, 7) is 0.103. The Morgan fingerprint density at radius 3 is 2.42 bits per heavy atom. The van der Waals surface area contributed by atoms with Crippen LogP contribution in [0.5, 0.6) is 5.88 Å². The molecule has 100 valence electrons. The van der Waals surface area contributed by atoms with Crippen molar-refractivity contribution in [3.8, 4) is 5.88 Å². The van der Waals surface area contributed by atoms with Crippen molar-refractivity contribution < 1.29 is 17.9 Å². The molecule has 0 radical (unpaired) electrons. The number of aromatic nitrogens is 2. The van der Waals surface area contributed by atoms with Crippen LogP contribution in [0.15, 0.2) is 36.4 Å². The zero-order valence-corrected chi connectivity index (χ0v) is 10.2. The van der Waals surface area contributed by atoms with Gasteiger partial charge in [-0.1, -0.05) is 41.9 Å². The van der Waals surface area contributed by atoms with E-state index in [9.17, 15) is 13.2 Å². The van der Waals surface area contributed by atoms with Gasteiger partial charge in [0.1, 0.15) is 11.8 Å². The lowest BCUT2D eigenvalue weighted by Crippen LogP contribution is -2.12. The van der Waals surface area contributed by atoms with Gasteiger partial charge < -0.3 is 4.74 Å². The van der Waals surface area contributed by atoms with E-state index in [4.69, 9.17) is 16.3 Å². The highest BCUT2D eigenvalue weighted by Gasteiger charge is 2.35. The molecule has 1 aromatic carbocycles. The lowest BCUT2D eigenvalue weighted by Gasteiger charge is -2.09. The van der Waals surface area contributed by atoms with E-state index >= 15 is 0 Å². The molecular formula is C12H8ClF3N2O. The molecule has 0 N–H and O–H groups in total. The maximum atomic E-state index is 12.5. The smallest absolute Gasteiger partial charge is 0.451 e. The summed E-state index contributed by atoms with van der Waals surface area (Å²) in [5.74, 6) is -1.53. The second kappa shape index (κ2) is 5.44. The molecule has 2 rings (SSSR count). The number of nitrogens with zero attached hydrogens (tertiary/aromatic N) is 2. The van der Waals surface area contributed by atoms with Crippen LogP contribution in [-0.2, 0) is 12.8 Å². The first kappa shape index (κ1) is 13.6. The molecule has 0 spiro atoms. The van der Waals surface area contributed by atoms with Gasteiger partial charge in [0.25, 0.3) is 0 Å². The van der Waals surface area contributed by atoms with Gasteiger partial charge in [0.2, 0.25) is 11.7 Å². The highest BCUT2D eigenvalue weighted by molar-refractivity contribution is 6.29. The van der Waals surface area contributed by atoms with Crippen LogP contribution in [0.2, 0.25) is 5.15 Å². The zero-order valence-electron chi connectivity index (χ0n) is 9.49. The number of halogens is 4. The van der Waals surface area contributed by atoms with Crippen LogP contribution in [0.25, 0.3) is 0 Å². The molecule has 0 unspecified atom stereocenters. The van der Waals surface area contributed by atoms with Gasteiger partial charge in [-0.15, -0.1) is 0 Å². The summed E-state index contributed by atoms with van der Waals surface area (Å²) >= 11 is 5.51. The van der Waals surface area contributed by atoms with Crippen LogP contribution in [0.1, 0.15) is 11.4 Å². The molecule has 0 aliphatic heterocycles. The molecule has 19 heavy (non-hydrogen) atoms. The Morgan fingerprint density at radius 1 is 1.11 bits per heavy atom. The van der Waals surface area contributed by atoms with E-state index in [1.165, 1.54) is 0 Å². The minimum atomic E-state index is -4.66. The van der Waals surface area contributed by atoms with Gasteiger partial charge in [-0.3, -0.25) is 0 Å². The highest BCUT2D eigenvalue weighted by atomic mass is 35.5. The molecule has 3 nitrogen and oxygen atoms in total. The Balaban J connectivity index is 2.15. The first-order valence-corrected chi connectivity index (χ1v) is 5.61. The van der Waals surface area contributed by atoms with Crippen molar-refractivity contribution in [3.05, 3.63) is 52.9 Å². The van der Waals surface area contributed by atoms with Gasteiger partial charge in [-0.25, -0.2) is 4.98 Å². The van der Waals surface area contributed by atoms with Crippen molar-refractivity contribution >= 4 is 11.6 Å². The summed E-state index contributed by atoms with van der Waals surface area (Å²) in [4.78, 5) is 6.39. The summed E-state index contributed by atoms with van der Waals surface area (Å²) in [5.41, 5.74) is 0.811. The zero-order chi connectivity index (χ0) is 13.9. The van der Waals surface area contributed by atoms with Crippen molar-refractivity contribution in [3.63, 3.8) is 0 Å². The molecule has 0 saturated heterocycles. The van der Waals surface area contributed by atoms with E-state index < -0.39 is 12.0 Å². The maximum absolute atomic E-state index is 12.5. The minimum Gasteiger partial charge on any atom is -0.473 e. The van der Waals surface area contributed by atoms with Crippen molar-refractivity contribution in [1.82, 2.24) is 9.97 Å². The molecule has 1 heterocycles. The molecule has 0 fully saturated rings. The molecule has 2 aromatic rings.